The van der Waals surface area contributed by atoms with Gasteiger partial charge in [0.25, 0.3) is 0 Å². The monoisotopic (exact) mass is 302 g/mol. The highest BCUT2D eigenvalue weighted by atomic mass is 16.7. The molecule has 0 radical (unpaired) electrons. The van der Waals surface area contributed by atoms with Gasteiger partial charge in [-0.15, -0.1) is 0 Å². The summed E-state index contributed by atoms with van der Waals surface area (Å²) in [4.78, 5) is 8.37. The summed E-state index contributed by atoms with van der Waals surface area (Å²) in [5, 5.41) is 4.30. The van der Waals surface area contributed by atoms with Gasteiger partial charge < -0.3 is 14.0 Å². The molecule has 116 valence electrons. The number of hydrogen-bond donors (Lipinski definition) is 0. The van der Waals surface area contributed by atoms with Gasteiger partial charge in [-0.05, 0) is 27.7 Å². The molecule has 0 spiro atoms. The highest BCUT2D eigenvalue weighted by Gasteiger charge is 2.52. The average molecular weight is 302 g/mol. The predicted octanol–water partition coefficient (Wildman–Crippen LogP) is 0.970. The number of aromatic nitrogens is 4. The maximum Gasteiger partial charge on any atom is 0.498 e. The molecule has 1 fully saturated rings. The van der Waals surface area contributed by atoms with E-state index in [0.717, 1.165) is 5.46 Å². The lowest BCUT2D eigenvalue weighted by atomic mass is 9.82. The van der Waals surface area contributed by atoms with Gasteiger partial charge in [-0.1, -0.05) is 0 Å². The van der Waals surface area contributed by atoms with E-state index < -0.39 is 7.12 Å². The summed E-state index contributed by atoms with van der Waals surface area (Å²) in [6.07, 6.45) is 6.69. The Kier molecular flexibility index (Phi) is 3.45. The zero-order valence-electron chi connectivity index (χ0n) is 13.4. The molecular formula is C14H19BN4O3. The molecule has 2 aromatic heterocycles. The first-order valence-electron chi connectivity index (χ1n) is 7.09. The Bertz CT molecular complexity index is 653. The van der Waals surface area contributed by atoms with Gasteiger partial charge in [0.2, 0.25) is 5.88 Å². The minimum Gasteiger partial charge on any atom is -0.480 e. The Morgan fingerprint density at radius 3 is 2.27 bits per heavy atom. The highest BCUT2D eigenvalue weighted by Crippen LogP contribution is 2.36. The summed E-state index contributed by atoms with van der Waals surface area (Å²) in [6, 6.07) is 0. The van der Waals surface area contributed by atoms with Crippen molar-refractivity contribution in [3.8, 4) is 11.7 Å². The third kappa shape index (κ3) is 2.48. The lowest BCUT2D eigenvalue weighted by Gasteiger charge is -2.32. The molecule has 3 rings (SSSR count). The van der Waals surface area contributed by atoms with Crippen molar-refractivity contribution in [2.45, 2.75) is 38.9 Å². The first-order chi connectivity index (χ1) is 10.3. The van der Waals surface area contributed by atoms with Crippen LogP contribution in [0.1, 0.15) is 27.7 Å². The van der Waals surface area contributed by atoms with Crippen LogP contribution in [-0.4, -0.2) is 45.2 Å². The first kappa shape index (κ1) is 15.0. The molecule has 0 amide bonds. The minimum absolute atomic E-state index is 0.375. The molecule has 0 atom stereocenters. The summed E-state index contributed by atoms with van der Waals surface area (Å²) in [5.74, 6) is 1.06. The molecule has 1 aliphatic rings. The molecule has 0 aromatic carbocycles. The quantitative estimate of drug-likeness (QED) is 0.787. The number of hydrogen-bond acceptors (Lipinski definition) is 6. The molecule has 3 heterocycles. The van der Waals surface area contributed by atoms with E-state index in [1.807, 2.05) is 33.9 Å². The van der Waals surface area contributed by atoms with Gasteiger partial charge in [0, 0.05) is 17.9 Å². The van der Waals surface area contributed by atoms with Gasteiger partial charge >= 0.3 is 7.12 Å². The molecular weight excluding hydrogens is 283 g/mol. The van der Waals surface area contributed by atoms with Crippen molar-refractivity contribution in [1.82, 2.24) is 19.7 Å². The predicted molar refractivity (Wildman–Crippen MR) is 81.4 cm³/mol. The van der Waals surface area contributed by atoms with Crippen LogP contribution in [0.2, 0.25) is 0 Å². The Morgan fingerprint density at radius 2 is 1.73 bits per heavy atom. The van der Waals surface area contributed by atoms with Gasteiger partial charge in [-0.2, -0.15) is 5.10 Å². The number of methoxy groups -OCH3 is 1. The van der Waals surface area contributed by atoms with Crippen molar-refractivity contribution in [3.63, 3.8) is 0 Å². The molecule has 0 aliphatic carbocycles. The SMILES string of the molecule is COc1cnc(-n2cc(B3OC(C)(C)C(C)(C)O3)cn2)cn1. The molecule has 0 bridgehead atoms. The zero-order chi connectivity index (χ0) is 16.0. The van der Waals surface area contributed by atoms with Gasteiger partial charge in [0.1, 0.15) is 0 Å². The molecule has 1 saturated heterocycles. The summed E-state index contributed by atoms with van der Waals surface area (Å²) >= 11 is 0. The molecule has 0 saturated carbocycles. The summed E-state index contributed by atoms with van der Waals surface area (Å²) in [6.45, 7) is 8.08. The molecule has 2 aromatic rings. The van der Waals surface area contributed by atoms with Crippen molar-refractivity contribution < 1.29 is 14.0 Å². The fourth-order valence-corrected chi connectivity index (χ4v) is 2.10. The standard InChI is InChI=1S/C14H19BN4O3/c1-13(2)14(3,4)22-15(21-13)10-6-18-19(9-10)11-7-17-12(20-5)8-16-11/h6-9H,1-5H3. The Hall–Kier alpha value is -1.93. The first-order valence-corrected chi connectivity index (χ1v) is 7.09. The lowest BCUT2D eigenvalue weighted by Crippen LogP contribution is -2.41. The topological polar surface area (TPSA) is 71.3 Å². The van der Waals surface area contributed by atoms with E-state index in [2.05, 4.69) is 15.1 Å². The van der Waals surface area contributed by atoms with Crippen molar-refractivity contribution in [1.29, 1.82) is 0 Å². The Labute approximate surface area is 129 Å². The van der Waals surface area contributed by atoms with Gasteiger partial charge in [-0.3, -0.25) is 0 Å². The number of nitrogens with zero attached hydrogens (tertiary/aromatic N) is 4. The van der Waals surface area contributed by atoms with Crippen molar-refractivity contribution in [2.24, 2.45) is 0 Å². The van der Waals surface area contributed by atoms with E-state index in [0.29, 0.717) is 11.7 Å². The van der Waals surface area contributed by atoms with Crippen molar-refractivity contribution >= 4 is 12.6 Å². The normalized spacial score (nSPS) is 19.4. The summed E-state index contributed by atoms with van der Waals surface area (Å²) in [5.41, 5.74) is 0.0931. The van der Waals surface area contributed by atoms with E-state index in [1.165, 1.54) is 0 Å². The van der Waals surface area contributed by atoms with E-state index in [4.69, 9.17) is 14.0 Å². The van der Waals surface area contributed by atoms with Crippen LogP contribution in [0.15, 0.2) is 24.8 Å². The molecule has 0 N–H and O–H groups in total. The van der Waals surface area contributed by atoms with Crippen LogP contribution in [0.5, 0.6) is 5.88 Å². The van der Waals surface area contributed by atoms with Crippen LogP contribution in [-0.2, 0) is 9.31 Å². The van der Waals surface area contributed by atoms with Crippen molar-refractivity contribution in [3.05, 3.63) is 24.8 Å². The number of ether oxygens (including phenoxy) is 1. The third-order valence-electron chi connectivity index (χ3n) is 4.19. The van der Waals surface area contributed by atoms with Crippen LogP contribution in [0.4, 0.5) is 0 Å². The lowest BCUT2D eigenvalue weighted by molar-refractivity contribution is 0.00578. The molecule has 7 nitrogen and oxygen atoms in total. The smallest absolute Gasteiger partial charge is 0.480 e. The van der Waals surface area contributed by atoms with E-state index in [-0.39, 0.29) is 11.2 Å². The maximum atomic E-state index is 6.00. The zero-order valence-corrected chi connectivity index (χ0v) is 13.4. The van der Waals surface area contributed by atoms with Crippen molar-refractivity contribution in [2.75, 3.05) is 7.11 Å². The van der Waals surface area contributed by atoms with Crippen LogP contribution in [0.25, 0.3) is 5.82 Å². The largest absolute Gasteiger partial charge is 0.498 e. The van der Waals surface area contributed by atoms with Crippen LogP contribution in [0.3, 0.4) is 0 Å². The minimum atomic E-state index is -0.440. The third-order valence-corrected chi connectivity index (χ3v) is 4.19. The second kappa shape index (κ2) is 5.07. The highest BCUT2D eigenvalue weighted by molar-refractivity contribution is 6.62. The van der Waals surface area contributed by atoms with Gasteiger partial charge in [0.05, 0.1) is 30.7 Å². The molecule has 1 aliphatic heterocycles. The summed E-state index contributed by atoms with van der Waals surface area (Å²) < 4.78 is 18.6. The van der Waals surface area contributed by atoms with E-state index >= 15 is 0 Å². The van der Waals surface area contributed by atoms with E-state index in [9.17, 15) is 0 Å². The van der Waals surface area contributed by atoms with E-state index in [1.54, 1.807) is 30.4 Å². The molecule has 8 heteroatoms. The second-order valence-corrected chi connectivity index (χ2v) is 6.22. The fraction of sp³-hybridized carbons (Fsp3) is 0.500. The van der Waals surface area contributed by atoms with Gasteiger partial charge in [0.15, 0.2) is 5.82 Å². The van der Waals surface area contributed by atoms with Gasteiger partial charge in [-0.25, -0.2) is 14.6 Å². The summed E-state index contributed by atoms with van der Waals surface area (Å²) in [7, 11) is 1.11. The fourth-order valence-electron chi connectivity index (χ4n) is 2.10. The number of rotatable bonds is 3. The van der Waals surface area contributed by atoms with Crippen LogP contribution in [0, 0.1) is 0 Å². The Balaban J connectivity index is 1.82. The Morgan fingerprint density at radius 1 is 1.05 bits per heavy atom. The van der Waals surface area contributed by atoms with Crippen LogP contribution >= 0.6 is 0 Å². The molecule has 22 heavy (non-hydrogen) atoms. The average Bonchev–Trinajstić information content (AvgIpc) is 3.03. The maximum absolute atomic E-state index is 6.00. The van der Waals surface area contributed by atoms with Crippen LogP contribution < -0.4 is 10.2 Å². The molecule has 0 unspecified atom stereocenters. The second-order valence-electron chi connectivity index (χ2n) is 6.22.